The zero-order chi connectivity index (χ0) is 18.1. The van der Waals surface area contributed by atoms with Gasteiger partial charge in [-0.2, -0.15) is 0 Å². The number of furan rings is 1. The third-order valence-corrected chi connectivity index (χ3v) is 3.67. The highest BCUT2D eigenvalue weighted by Crippen LogP contribution is 2.08. The molecule has 0 aliphatic heterocycles. The maximum Gasteiger partial charge on any atom is 0.239 e. The van der Waals surface area contributed by atoms with Gasteiger partial charge in [-0.15, -0.1) is 24.0 Å². The largest absolute Gasteiger partial charge is 0.467 e. The second-order valence-corrected chi connectivity index (χ2v) is 5.95. The van der Waals surface area contributed by atoms with Crippen molar-refractivity contribution in [1.82, 2.24) is 16.0 Å². The molecule has 6 nitrogen and oxygen atoms in total. The van der Waals surface area contributed by atoms with E-state index >= 15 is 0 Å². The molecule has 2 aromatic rings. The highest BCUT2D eigenvalue weighted by atomic mass is 127. The van der Waals surface area contributed by atoms with E-state index in [2.05, 4.69) is 53.0 Å². The van der Waals surface area contributed by atoms with E-state index < -0.39 is 0 Å². The molecule has 0 atom stereocenters. The Kier molecular flexibility index (Phi) is 9.79. The van der Waals surface area contributed by atoms with Crippen LogP contribution < -0.4 is 16.0 Å². The number of rotatable bonds is 7. The van der Waals surface area contributed by atoms with Crippen LogP contribution in [0, 0.1) is 13.8 Å². The molecule has 0 saturated heterocycles. The molecule has 142 valence electrons. The second-order valence-electron chi connectivity index (χ2n) is 5.95. The number of aryl methyl sites for hydroxylation is 2. The first-order valence-corrected chi connectivity index (χ1v) is 8.37. The Morgan fingerprint density at radius 2 is 1.85 bits per heavy atom. The third kappa shape index (κ3) is 7.90. The van der Waals surface area contributed by atoms with Gasteiger partial charge in [0.15, 0.2) is 5.96 Å². The van der Waals surface area contributed by atoms with E-state index in [1.807, 2.05) is 6.07 Å². The van der Waals surface area contributed by atoms with Crippen molar-refractivity contribution < 1.29 is 9.21 Å². The number of guanidine groups is 1. The zero-order valence-corrected chi connectivity index (χ0v) is 17.8. The monoisotopic (exact) mass is 470 g/mol. The summed E-state index contributed by atoms with van der Waals surface area (Å²) in [6, 6.07) is 10.2. The van der Waals surface area contributed by atoms with E-state index in [1.54, 1.807) is 19.4 Å². The van der Waals surface area contributed by atoms with Crippen LogP contribution in [0.25, 0.3) is 0 Å². The molecule has 1 aromatic carbocycles. The van der Waals surface area contributed by atoms with Crippen LogP contribution in [0.4, 0.5) is 0 Å². The number of benzene rings is 1. The summed E-state index contributed by atoms with van der Waals surface area (Å²) >= 11 is 0. The fraction of sp³-hybridized carbons (Fsp3) is 0.368. The average molecular weight is 470 g/mol. The first-order chi connectivity index (χ1) is 12.1. The quantitative estimate of drug-likeness (QED) is 0.330. The number of amides is 1. The summed E-state index contributed by atoms with van der Waals surface area (Å²) < 4.78 is 5.17. The van der Waals surface area contributed by atoms with Crippen LogP contribution in [0.2, 0.25) is 0 Å². The number of carbonyl (C=O) groups excluding carboxylic acids is 1. The first kappa shape index (κ1) is 22.0. The lowest BCUT2D eigenvalue weighted by molar-refractivity contribution is -0.120. The van der Waals surface area contributed by atoms with Crippen LogP contribution in [0.3, 0.4) is 0 Å². The molecule has 1 amide bonds. The number of halogens is 1. The standard InChI is InChI=1S/C19H26N4O2.HI/c1-14-9-15(2)11-16(10-14)6-7-21-19(20-3)23-13-18(24)22-12-17-5-4-8-25-17;/h4-5,8-11H,6-7,12-13H2,1-3H3,(H,22,24)(H2,20,21,23);1H. The minimum absolute atomic E-state index is 0. The Labute approximate surface area is 171 Å². The summed E-state index contributed by atoms with van der Waals surface area (Å²) in [5.74, 6) is 1.22. The first-order valence-electron chi connectivity index (χ1n) is 8.37. The summed E-state index contributed by atoms with van der Waals surface area (Å²) in [5.41, 5.74) is 3.83. The van der Waals surface area contributed by atoms with Gasteiger partial charge in [0.2, 0.25) is 5.91 Å². The van der Waals surface area contributed by atoms with Gasteiger partial charge in [-0.05, 0) is 38.0 Å². The fourth-order valence-corrected chi connectivity index (χ4v) is 2.58. The molecule has 1 aromatic heterocycles. The van der Waals surface area contributed by atoms with Crippen molar-refractivity contribution in [2.45, 2.75) is 26.8 Å². The zero-order valence-electron chi connectivity index (χ0n) is 15.5. The topological polar surface area (TPSA) is 78.7 Å². The van der Waals surface area contributed by atoms with Crippen LogP contribution in [-0.2, 0) is 17.8 Å². The second kappa shape index (κ2) is 11.6. The van der Waals surface area contributed by atoms with Crippen LogP contribution >= 0.6 is 24.0 Å². The summed E-state index contributed by atoms with van der Waals surface area (Å²) in [7, 11) is 1.69. The molecular formula is C19H27IN4O2. The molecule has 1 heterocycles. The van der Waals surface area contributed by atoms with Crippen LogP contribution in [0.1, 0.15) is 22.5 Å². The molecule has 3 N–H and O–H groups in total. The SMILES string of the molecule is CN=C(NCCc1cc(C)cc(C)c1)NCC(=O)NCc1ccco1.I. The normalized spacial score (nSPS) is 10.8. The van der Waals surface area contributed by atoms with Gasteiger partial charge in [-0.3, -0.25) is 9.79 Å². The number of aliphatic imine (C=N–C) groups is 1. The maximum absolute atomic E-state index is 11.8. The Morgan fingerprint density at radius 1 is 1.12 bits per heavy atom. The Bertz CT molecular complexity index is 694. The number of hydrogen-bond acceptors (Lipinski definition) is 3. The van der Waals surface area contributed by atoms with E-state index in [0.29, 0.717) is 12.5 Å². The Balaban J connectivity index is 0.00000338. The molecule has 0 saturated carbocycles. The van der Waals surface area contributed by atoms with E-state index in [0.717, 1.165) is 18.7 Å². The van der Waals surface area contributed by atoms with E-state index in [-0.39, 0.29) is 36.4 Å². The van der Waals surface area contributed by atoms with Gasteiger partial charge in [-0.25, -0.2) is 0 Å². The molecule has 0 unspecified atom stereocenters. The van der Waals surface area contributed by atoms with Crippen LogP contribution in [0.15, 0.2) is 46.0 Å². The van der Waals surface area contributed by atoms with Crippen molar-refractivity contribution in [3.8, 4) is 0 Å². The molecule has 0 spiro atoms. The molecule has 26 heavy (non-hydrogen) atoms. The van der Waals surface area contributed by atoms with Gasteiger partial charge in [0.1, 0.15) is 5.76 Å². The van der Waals surface area contributed by atoms with Gasteiger partial charge in [0, 0.05) is 13.6 Å². The molecule has 0 aliphatic rings. The van der Waals surface area contributed by atoms with Crippen molar-refractivity contribution in [3.63, 3.8) is 0 Å². The lowest BCUT2D eigenvalue weighted by Gasteiger charge is -2.12. The fourth-order valence-electron chi connectivity index (χ4n) is 2.58. The molecule has 2 rings (SSSR count). The van der Waals surface area contributed by atoms with E-state index in [4.69, 9.17) is 4.42 Å². The van der Waals surface area contributed by atoms with Crippen molar-refractivity contribution >= 4 is 35.8 Å². The lowest BCUT2D eigenvalue weighted by atomic mass is 10.1. The molecule has 0 aliphatic carbocycles. The highest BCUT2D eigenvalue weighted by molar-refractivity contribution is 14.0. The van der Waals surface area contributed by atoms with Crippen molar-refractivity contribution in [2.75, 3.05) is 20.1 Å². The minimum atomic E-state index is -0.117. The summed E-state index contributed by atoms with van der Waals surface area (Å²) in [6.45, 7) is 5.49. The lowest BCUT2D eigenvalue weighted by Crippen LogP contribution is -2.43. The Hall–Kier alpha value is -2.03. The number of nitrogens with zero attached hydrogens (tertiary/aromatic N) is 1. The van der Waals surface area contributed by atoms with Crippen molar-refractivity contribution in [3.05, 3.63) is 59.0 Å². The smallest absolute Gasteiger partial charge is 0.239 e. The predicted octanol–water partition coefficient (Wildman–Crippen LogP) is 2.54. The number of hydrogen-bond donors (Lipinski definition) is 3. The van der Waals surface area contributed by atoms with Gasteiger partial charge >= 0.3 is 0 Å². The minimum Gasteiger partial charge on any atom is -0.467 e. The predicted molar refractivity (Wildman–Crippen MR) is 115 cm³/mol. The maximum atomic E-state index is 11.8. The molecule has 0 radical (unpaired) electrons. The van der Waals surface area contributed by atoms with Gasteiger partial charge in [0.25, 0.3) is 0 Å². The number of nitrogens with one attached hydrogen (secondary N) is 3. The van der Waals surface area contributed by atoms with Gasteiger partial charge in [0.05, 0.1) is 19.4 Å². The number of carbonyl (C=O) groups is 1. The van der Waals surface area contributed by atoms with Gasteiger partial charge in [-0.1, -0.05) is 29.3 Å². The third-order valence-electron chi connectivity index (χ3n) is 3.67. The summed E-state index contributed by atoms with van der Waals surface area (Å²) in [5, 5.41) is 9.01. The molecule has 7 heteroatoms. The average Bonchev–Trinajstić information content (AvgIpc) is 3.08. The molecule has 0 fully saturated rings. The summed E-state index contributed by atoms with van der Waals surface area (Å²) in [6.07, 6.45) is 2.48. The Morgan fingerprint density at radius 3 is 2.46 bits per heavy atom. The molecule has 0 bridgehead atoms. The van der Waals surface area contributed by atoms with Crippen molar-refractivity contribution in [1.29, 1.82) is 0 Å². The van der Waals surface area contributed by atoms with Crippen LogP contribution in [0.5, 0.6) is 0 Å². The van der Waals surface area contributed by atoms with Gasteiger partial charge < -0.3 is 20.4 Å². The van der Waals surface area contributed by atoms with Crippen LogP contribution in [-0.4, -0.2) is 32.0 Å². The van der Waals surface area contributed by atoms with E-state index in [9.17, 15) is 4.79 Å². The highest BCUT2D eigenvalue weighted by Gasteiger charge is 2.05. The van der Waals surface area contributed by atoms with Crippen molar-refractivity contribution in [2.24, 2.45) is 4.99 Å². The summed E-state index contributed by atoms with van der Waals surface area (Å²) in [4.78, 5) is 16.0. The molecular weight excluding hydrogens is 443 g/mol. The van der Waals surface area contributed by atoms with E-state index in [1.165, 1.54) is 16.7 Å².